The van der Waals surface area contributed by atoms with Gasteiger partial charge in [0.1, 0.15) is 11.5 Å². The Hall–Kier alpha value is -8.99. The highest BCUT2D eigenvalue weighted by Gasteiger charge is 2.52. The molecule has 0 bridgehead atoms. The van der Waals surface area contributed by atoms with E-state index in [-0.39, 0.29) is 0 Å². The molecule has 1 spiro atoms. The number of hydrogen-bond donors (Lipinski definition) is 0. The van der Waals surface area contributed by atoms with E-state index < -0.39 is 5.41 Å². The molecule has 68 heavy (non-hydrogen) atoms. The van der Waals surface area contributed by atoms with E-state index in [4.69, 9.17) is 19.7 Å². The quantitative estimate of drug-likeness (QED) is 0.160. The van der Waals surface area contributed by atoms with Crippen LogP contribution in [0.3, 0.4) is 0 Å². The summed E-state index contributed by atoms with van der Waals surface area (Å²) in [6.07, 6.45) is 0. The summed E-state index contributed by atoms with van der Waals surface area (Å²) < 4.78 is 6.90. The predicted molar refractivity (Wildman–Crippen MR) is 275 cm³/mol. The van der Waals surface area contributed by atoms with Crippen LogP contribution < -0.4 is 4.74 Å². The van der Waals surface area contributed by atoms with Crippen LogP contribution in [0.5, 0.6) is 11.5 Å². The number of benzene rings is 10. The Balaban J connectivity index is 1.01. The van der Waals surface area contributed by atoms with E-state index in [1.165, 1.54) is 44.5 Å². The zero-order valence-electron chi connectivity index (χ0n) is 36.9. The first-order valence-corrected chi connectivity index (χ1v) is 23.1. The SMILES string of the molecule is c1ccc(-c2ccc(-c3nc(-c4ccc(-c5cccc(-c6ccccc6)c5-c5ccccc5)cc4)nc(-c4cccc5c4C4(c6ccccc6O5)c5ccccc5-c5ccccc54)n3)cc2)cc1. The Morgan fingerprint density at radius 1 is 0.250 bits per heavy atom. The monoisotopic (exact) mass is 867 g/mol. The lowest BCUT2D eigenvalue weighted by molar-refractivity contribution is 0.437. The second kappa shape index (κ2) is 16.2. The highest BCUT2D eigenvalue weighted by Crippen LogP contribution is 2.63. The molecule has 1 aliphatic heterocycles. The molecule has 10 aromatic carbocycles. The number of ether oxygens (including phenoxy) is 1. The third kappa shape index (κ3) is 6.34. The van der Waals surface area contributed by atoms with Crippen LogP contribution in [0.15, 0.2) is 249 Å². The third-order valence-corrected chi connectivity index (χ3v) is 13.7. The molecule has 0 atom stereocenters. The molecule has 0 N–H and O–H groups in total. The maximum absolute atomic E-state index is 6.90. The van der Waals surface area contributed by atoms with E-state index >= 15 is 0 Å². The second-order valence-electron chi connectivity index (χ2n) is 17.4. The van der Waals surface area contributed by atoms with E-state index in [0.717, 1.165) is 61.6 Å². The molecule has 0 saturated carbocycles. The topological polar surface area (TPSA) is 47.9 Å². The second-order valence-corrected chi connectivity index (χ2v) is 17.4. The first kappa shape index (κ1) is 39.4. The fourth-order valence-electron chi connectivity index (χ4n) is 10.7. The van der Waals surface area contributed by atoms with Gasteiger partial charge in [0, 0.05) is 27.8 Å². The average Bonchev–Trinajstić information content (AvgIpc) is 3.71. The Bertz CT molecular complexity index is 3640. The fourth-order valence-corrected chi connectivity index (χ4v) is 10.7. The van der Waals surface area contributed by atoms with Crippen LogP contribution in [-0.2, 0) is 5.41 Å². The van der Waals surface area contributed by atoms with E-state index in [2.05, 4.69) is 243 Å². The number of aromatic nitrogens is 3. The van der Waals surface area contributed by atoms with Gasteiger partial charge >= 0.3 is 0 Å². The smallest absolute Gasteiger partial charge is 0.164 e. The summed E-state index contributed by atoms with van der Waals surface area (Å²) >= 11 is 0. The number of para-hydroxylation sites is 1. The van der Waals surface area contributed by atoms with Gasteiger partial charge in [-0.15, -0.1) is 0 Å². The van der Waals surface area contributed by atoms with Gasteiger partial charge in [0.2, 0.25) is 0 Å². The van der Waals surface area contributed by atoms with Gasteiger partial charge in [0.25, 0.3) is 0 Å². The highest BCUT2D eigenvalue weighted by atomic mass is 16.5. The van der Waals surface area contributed by atoms with Crippen molar-refractivity contribution in [2.75, 3.05) is 0 Å². The maximum atomic E-state index is 6.90. The predicted octanol–water partition coefficient (Wildman–Crippen LogP) is 16.0. The van der Waals surface area contributed by atoms with E-state index in [1.807, 2.05) is 6.07 Å². The van der Waals surface area contributed by atoms with Crippen LogP contribution in [0.1, 0.15) is 22.3 Å². The van der Waals surface area contributed by atoms with Crippen molar-refractivity contribution in [1.82, 2.24) is 15.0 Å². The van der Waals surface area contributed by atoms with E-state index in [0.29, 0.717) is 17.5 Å². The van der Waals surface area contributed by atoms with Gasteiger partial charge < -0.3 is 4.74 Å². The summed E-state index contributed by atoms with van der Waals surface area (Å²) in [7, 11) is 0. The summed E-state index contributed by atoms with van der Waals surface area (Å²) in [6, 6.07) is 87.9. The summed E-state index contributed by atoms with van der Waals surface area (Å²) in [5.41, 5.74) is 18.2. The van der Waals surface area contributed by atoms with Crippen LogP contribution in [0, 0.1) is 0 Å². The van der Waals surface area contributed by atoms with Gasteiger partial charge in [-0.05, 0) is 78.9 Å². The van der Waals surface area contributed by atoms with Crippen molar-refractivity contribution in [2.45, 2.75) is 5.41 Å². The molecule has 4 nitrogen and oxygen atoms in total. The van der Waals surface area contributed by atoms with Gasteiger partial charge in [-0.1, -0.05) is 237 Å². The van der Waals surface area contributed by atoms with Crippen molar-refractivity contribution < 1.29 is 4.74 Å². The van der Waals surface area contributed by atoms with Crippen molar-refractivity contribution in [3.63, 3.8) is 0 Å². The summed E-state index contributed by atoms with van der Waals surface area (Å²) in [5, 5.41) is 0. The Kier molecular flexibility index (Phi) is 9.36. The molecule has 4 heteroatoms. The van der Waals surface area contributed by atoms with Crippen molar-refractivity contribution >= 4 is 0 Å². The molecule has 11 aromatic rings. The largest absolute Gasteiger partial charge is 0.457 e. The molecule has 2 aliphatic rings. The molecule has 0 saturated heterocycles. The molecule has 1 aliphatic carbocycles. The minimum atomic E-state index is -0.704. The molecular weight excluding hydrogens is 827 g/mol. The molecule has 2 heterocycles. The molecule has 0 radical (unpaired) electrons. The van der Waals surface area contributed by atoms with Crippen LogP contribution in [0.2, 0.25) is 0 Å². The summed E-state index contributed by atoms with van der Waals surface area (Å²) in [5.74, 6) is 3.36. The van der Waals surface area contributed by atoms with Crippen LogP contribution in [0.4, 0.5) is 0 Å². The number of hydrogen-bond acceptors (Lipinski definition) is 4. The van der Waals surface area contributed by atoms with Gasteiger partial charge in [-0.2, -0.15) is 0 Å². The first-order valence-electron chi connectivity index (χ1n) is 23.1. The Morgan fingerprint density at radius 2 is 0.632 bits per heavy atom. The van der Waals surface area contributed by atoms with Gasteiger partial charge in [0.15, 0.2) is 17.5 Å². The third-order valence-electron chi connectivity index (χ3n) is 13.7. The molecule has 1 aromatic heterocycles. The lowest BCUT2D eigenvalue weighted by Crippen LogP contribution is -2.33. The van der Waals surface area contributed by atoms with E-state index in [9.17, 15) is 0 Å². The highest BCUT2D eigenvalue weighted by molar-refractivity contribution is 5.95. The molecular formula is C64H41N3O. The number of fused-ring (bicyclic) bond motifs is 9. The summed E-state index contributed by atoms with van der Waals surface area (Å²) in [4.78, 5) is 16.1. The van der Waals surface area contributed by atoms with Gasteiger partial charge in [-0.25, -0.2) is 15.0 Å². The minimum absolute atomic E-state index is 0.573. The zero-order chi connectivity index (χ0) is 45.0. The molecule has 0 fully saturated rings. The van der Waals surface area contributed by atoms with Crippen LogP contribution >= 0.6 is 0 Å². The minimum Gasteiger partial charge on any atom is -0.457 e. The lowest BCUT2D eigenvalue weighted by atomic mass is 9.64. The molecule has 318 valence electrons. The van der Waals surface area contributed by atoms with Gasteiger partial charge in [-0.3, -0.25) is 0 Å². The first-order chi connectivity index (χ1) is 33.7. The maximum Gasteiger partial charge on any atom is 0.164 e. The average molecular weight is 868 g/mol. The zero-order valence-corrected chi connectivity index (χ0v) is 36.9. The van der Waals surface area contributed by atoms with E-state index in [1.54, 1.807) is 0 Å². The normalized spacial score (nSPS) is 12.6. The number of nitrogens with zero attached hydrogens (tertiary/aromatic N) is 3. The van der Waals surface area contributed by atoms with Crippen molar-refractivity contribution in [3.8, 4) is 101 Å². The standard InChI is InChI=1S/C64H41N3O/c1-4-18-42(19-5-1)43-34-38-47(39-35-43)61-65-62(48-40-36-45(37-41-48)50-27-16-26-49(44-20-6-2-7-21-44)59(50)46-22-8-3-9-23-46)67-63(66-61)53-28-17-33-58-60(53)64(56-31-14-15-32-57(56)68-58)54-29-12-10-24-51(54)52-25-11-13-30-55(52)64/h1-41H. The number of rotatable bonds is 7. The van der Waals surface area contributed by atoms with Gasteiger partial charge in [0.05, 0.1) is 5.41 Å². The van der Waals surface area contributed by atoms with Crippen LogP contribution in [-0.4, -0.2) is 15.0 Å². The molecule has 0 unspecified atom stereocenters. The molecule has 0 amide bonds. The van der Waals surface area contributed by atoms with Crippen molar-refractivity contribution in [3.05, 3.63) is 271 Å². The lowest BCUT2D eigenvalue weighted by Gasteiger charge is -2.40. The van der Waals surface area contributed by atoms with Crippen molar-refractivity contribution in [2.24, 2.45) is 0 Å². The summed E-state index contributed by atoms with van der Waals surface area (Å²) in [6.45, 7) is 0. The van der Waals surface area contributed by atoms with Crippen LogP contribution in [0.25, 0.3) is 89.8 Å². The van der Waals surface area contributed by atoms with Crippen molar-refractivity contribution in [1.29, 1.82) is 0 Å². The Morgan fingerprint density at radius 3 is 1.24 bits per heavy atom. The Labute approximate surface area is 395 Å². The fraction of sp³-hybridized carbons (Fsp3) is 0.0156. The molecule has 13 rings (SSSR count).